The number of hydrazine groups is 1. The Morgan fingerprint density at radius 1 is 1.20 bits per heavy atom. The molecule has 20 heavy (non-hydrogen) atoms. The smallest absolute Gasteiger partial charge is 0.426 e. The molecule has 0 aliphatic carbocycles. The number of anilines is 1. The van der Waals surface area contributed by atoms with Crippen LogP contribution in [0, 0.1) is 6.92 Å². The fraction of sp³-hybridized carbons (Fsp3) is 0.385. The van der Waals surface area contributed by atoms with E-state index in [0.29, 0.717) is 10.7 Å². The first kappa shape index (κ1) is 16.1. The van der Waals surface area contributed by atoms with Gasteiger partial charge in [0.2, 0.25) is 0 Å². The van der Waals surface area contributed by atoms with Crippen LogP contribution in [-0.2, 0) is 4.74 Å². The molecular weight excluding hydrogens is 282 g/mol. The van der Waals surface area contributed by atoms with Gasteiger partial charge < -0.3 is 10.1 Å². The maximum atomic E-state index is 11.5. The summed E-state index contributed by atoms with van der Waals surface area (Å²) in [5.41, 5.74) is 5.09. The number of carbonyl (C=O) groups excluding carboxylic acids is 2. The van der Waals surface area contributed by atoms with E-state index in [4.69, 9.17) is 16.3 Å². The van der Waals surface area contributed by atoms with Crippen molar-refractivity contribution in [3.63, 3.8) is 0 Å². The van der Waals surface area contributed by atoms with Crippen LogP contribution in [0.1, 0.15) is 26.3 Å². The minimum Gasteiger partial charge on any atom is -0.443 e. The van der Waals surface area contributed by atoms with Gasteiger partial charge in [0.1, 0.15) is 5.60 Å². The van der Waals surface area contributed by atoms with E-state index >= 15 is 0 Å². The lowest BCUT2D eigenvalue weighted by molar-refractivity contribution is 0.0506. The zero-order chi connectivity index (χ0) is 15.3. The summed E-state index contributed by atoms with van der Waals surface area (Å²) in [5, 5.41) is 3.07. The number of ether oxygens (including phenoxy) is 1. The van der Waals surface area contributed by atoms with E-state index in [1.807, 2.05) is 6.92 Å². The van der Waals surface area contributed by atoms with Crippen LogP contribution in [-0.4, -0.2) is 17.7 Å². The third kappa shape index (κ3) is 5.79. The summed E-state index contributed by atoms with van der Waals surface area (Å²) in [6, 6.07) is 4.49. The van der Waals surface area contributed by atoms with E-state index in [-0.39, 0.29) is 0 Å². The van der Waals surface area contributed by atoms with Gasteiger partial charge in [-0.1, -0.05) is 17.7 Å². The minimum atomic E-state index is -0.741. The molecule has 6 nitrogen and oxygen atoms in total. The van der Waals surface area contributed by atoms with Crippen LogP contribution >= 0.6 is 11.6 Å². The van der Waals surface area contributed by atoms with Gasteiger partial charge in [-0.2, -0.15) is 0 Å². The van der Waals surface area contributed by atoms with Gasteiger partial charge >= 0.3 is 12.1 Å². The summed E-state index contributed by atoms with van der Waals surface area (Å²) in [6.45, 7) is 7.03. The number of benzene rings is 1. The van der Waals surface area contributed by atoms with E-state index in [1.54, 1.807) is 39.0 Å². The van der Waals surface area contributed by atoms with Crippen LogP contribution < -0.4 is 16.2 Å². The maximum absolute atomic E-state index is 11.5. The van der Waals surface area contributed by atoms with Crippen LogP contribution in [0.25, 0.3) is 0 Å². The van der Waals surface area contributed by atoms with Crippen LogP contribution in [0.2, 0.25) is 5.02 Å². The molecule has 0 aromatic heterocycles. The molecule has 0 heterocycles. The van der Waals surface area contributed by atoms with E-state index in [9.17, 15) is 9.59 Å². The van der Waals surface area contributed by atoms with Gasteiger partial charge in [0, 0.05) is 10.7 Å². The molecule has 0 unspecified atom stereocenters. The first-order valence-electron chi connectivity index (χ1n) is 5.99. The second-order valence-electron chi connectivity index (χ2n) is 5.17. The van der Waals surface area contributed by atoms with Crippen LogP contribution in [0.3, 0.4) is 0 Å². The summed E-state index contributed by atoms with van der Waals surface area (Å²) in [4.78, 5) is 22.9. The fourth-order valence-corrected chi connectivity index (χ4v) is 1.42. The third-order valence-electron chi connectivity index (χ3n) is 2.11. The number of halogens is 1. The van der Waals surface area contributed by atoms with E-state index < -0.39 is 17.7 Å². The summed E-state index contributed by atoms with van der Waals surface area (Å²) in [5.74, 6) is 0. The number of urea groups is 1. The first-order valence-corrected chi connectivity index (χ1v) is 6.37. The lowest BCUT2D eigenvalue weighted by atomic mass is 10.2. The van der Waals surface area contributed by atoms with Crippen LogP contribution in [0.5, 0.6) is 0 Å². The highest BCUT2D eigenvalue weighted by atomic mass is 35.5. The van der Waals surface area contributed by atoms with Crippen molar-refractivity contribution in [2.45, 2.75) is 33.3 Å². The normalized spacial score (nSPS) is 10.7. The molecule has 1 rings (SSSR count). The molecule has 0 saturated heterocycles. The molecule has 0 aliphatic rings. The van der Waals surface area contributed by atoms with Crippen molar-refractivity contribution < 1.29 is 14.3 Å². The van der Waals surface area contributed by atoms with Crippen molar-refractivity contribution in [1.82, 2.24) is 10.9 Å². The monoisotopic (exact) mass is 299 g/mol. The van der Waals surface area contributed by atoms with E-state index in [1.165, 1.54) is 0 Å². The lowest BCUT2D eigenvalue weighted by Crippen LogP contribution is -2.46. The zero-order valence-corrected chi connectivity index (χ0v) is 12.6. The molecule has 1 aromatic carbocycles. The molecule has 0 spiro atoms. The van der Waals surface area contributed by atoms with Gasteiger partial charge in [0.15, 0.2) is 0 Å². The largest absolute Gasteiger partial charge is 0.443 e. The summed E-state index contributed by atoms with van der Waals surface area (Å²) >= 11 is 5.94. The summed E-state index contributed by atoms with van der Waals surface area (Å²) in [6.07, 6.45) is -0.741. The second-order valence-corrected chi connectivity index (χ2v) is 5.58. The Kier molecular flexibility index (Phi) is 5.21. The lowest BCUT2D eigenvalue weighted by Gasteiger charge is -2.19. The van der Waals surface area contributed by atoms with Crippen molar-refractivity contribution in [3.05, 3.63) is 28.8 Å². The number of rotatable bonds is 1. The number of hydrogen-bond acceptors (Lipinski definition) is 3. The molecule has 0 fully saturated rings. The Morgan fingerprint density at radius 2 is 1.85 bits per heavy atom. The molecule has 3 N–H and O–H groups in total. The highest BCUT2D eigenvalue weighted by molar-refractivity contribution is 6.31. The SMILES string of the molecule is Cc1ccc(NC(=O)NNC(=O)OC(C)(C)C)cc1Cl. The predicted octanol–water partition coefficient (Wildman–Crippen LogP) is 3.21. The quantitative estimate of drug-likeness (QED) is 0.697. The Balaban J connectivity index is 2.44. The number of nitrogens with one attached hydrogen (secondary N) is 3. The first-order chi connectivity index (χ1) is 9.17. The fourth-order valence-electron chi connectivity index (χ4n) is 1.24. The van der Waals surface area contributed by atoms with Gasteiger partial charge in [0.05, 0.1) is 0 Å². The van der Waals surface area contributed by atoms with Crippen LogP contribution in [0.4, 0.5) is 15.3 Å². The second kappa shape index (κ2) is 6.47. The van der Waals surface area contributed by atoms with E-state index in [0.717, 1.165) is 5.56 Å². The zero-order valence-electron chi connectivity index (χ0n) is 11.8. The molecule has 3 amide bonds. The third-order valence-corrected chi connectivity index (χ3v) is 2.51. The molecule has 1 aromatic rings. The van der Waals surface area contributed by atoms with Crippen molar-refractivity contribution in [3.8, 4) is 0 Å². The number of carbonyl (C=O) groups is 2. The summed E-state index contributed by atoms with van der Waals surface area (Å²) in [7, 11) is 0. The average Bonchev–Trinajstić information content (AvgIpc) is 2.29. The van der Waals surface area contributed by atoms with E-state index in [2.05, 4.69) is 16.2 Å². The van der Waals surface area contributed by atoms with Gasteiger partial charge in [-0.15, -0.1) is 0 Å². The van der Waals surface area contributed by atoms with Gasteiger partial charge in [-0.25, -0.2) is 20.4 Å². The van der Waals surface area contributed by atoms with Crippen molar-refractivity contribution in [2.75, 3.05) is 5.32 Å². The molecule has 7 heteroatoms. The van der Waals surface area contributed by atoms with Crippen molar-refractivity contribution in [1.29, 1.82) is 0 Å². The molecule has 0 aliphatic heterocycles. The summed E-state index contributed by atoms with van der Waals surface area (Å²) < 4.78 is 4.96. The van der Waals surface area contributed by atoms with Gasteiger partial charge in [-0.05, 0) is 45.4 Å². The predicted molar refractivity (Wildman–Crippen MR) is 77.7 cm³/mol. The number of amides is 3. The molecule has 0 radical (unpaired) electrons. The topological polar surface area (TPSA) is 79.5 Å². The Bertz CT molecular complexity index is 512. The molecule has 110 valence electrons. The average molecular weight is 300 g/mol. The van der Waals surface area contributed by atoms with Gasteiger partial charge in [-0.3, -0.25) is 0 Å². The molecule has 0 atom stereocenters. The van der Waals surface area contributed by atoms with Crippen molar-refractivity contribution >= 4 is 29.4 Å². The number of aryl methyl sites for hydroxylation is 1. The Labute approximate surface area is 122 Å². The molecular formula is C13H18ClN3O3. The molecule has 0 bridgehead atoms. The molecule has 0 saturated carbocycles. The number of hydrogen-bond donors (Lipinski definition) is 3. The minimum absolute atomic E-state index is 0.518. The standard InChI is InChI=1S/C13H18ClN3O3/c1-8-5-6-9(7-10(8)14)15-11(18)16-17-12(19)20-13(2,3)4/h5-7H,1-4H3,(H,17,19)(H2,15,16,18). The Hall–Kier alpha value is -1.95. The maximum Gasteiger partial charge on any atom is 0.426 e. The highest BCUT2D eigenvalue weighted by Crippen LogP contribution is 2.19. The Morgan fingerprint density at radius 3 is 2.40 bits per heavy atom. The van der Waals surface area contributed by atoms with Crippen molar-refractivity contribution in [2.24, 2.45) is 0 Å². The van der Waals surface area contributed by atoms with Gasteiger partial charge in [0.25, 0.3) is 0 Å². The highest BCUT2D eigenvalue weighted by Gasteiger charge is 2.16. The van der Waals surface area contributed by atoms with Crippen LogP contribution in [0.15, 0.2) is 18.2 Å².